The second kappa shape index (κ2) is 4.59. The van der Waals surface area contributed by atoms with Gasteiger partial charge in [-0.05, 0) is 19.1 Å². The number of hydrogen-bond acceptors (Lipinski definition) is 5. The Morgan fingerprint density at radius 1 is 1.12 bits per heavy atom. The van der Waals surface area contributed by atoms with Gasteiger partial charge in [0, 0.05) is 18.0 Å². The number of aromatic nitrogens is 2. The molecule has 2 rings (SSSR count). The highest BCUT2D eigenvalue weighted by molar-refractivity contribution is 5.54. The fraction of sp³-hybridized carbons (Fsp3) is 0.0909. The fourth-order valence-electron chi connectivity index (χ4n) is 1.27. The van der Waals surface area contributed by atoms with Gasteiger partial charge in [0.25, 0.3) is 0 Å². The number of nitrogen functional groups attached to an aromatic ring is 1. The van der Waals surface area contributed by atoms with Gasteiger partial charge in [0.05, 0.1) is 0 Å². The molecule has 0 radical (unpaired) electrons. The quantitative estimate of drug-likeness (QED) is 0.537. The van der Waals surface area contributed by atoms with Crippen LogP contribution in [-0.4, -0.2) is 9.97 Å². The number of aryl methyl sites for hydroxylation is 1. The van der Waals surface area contributed by atoms with E-state index in [-0.39, 0.29) is 0 Å². The van der Waals surface area contributed by atoms with Gasteiger partial charge >= 0.3 is 0 Å². The lowest BCUT2D eigenvalue weighted by atomic mass is 10.2. The van der Waals surface area contributed by atoms with Crippen LogP contribution in [0.15, 0.2) is 36.5 Å². The highest BCUT2D eigenvalue weighted by atomic mass is 15.3. The zero-order valence-corrected chi connectivity index (χ0v) is 8.94. The maximum absolute atomic E-state index is 5.26. The van der Waals surface area contributed by atoms with E-state index in [9.17, 15) is 0 Å². The summed E-state index contributed by atoms with van der Waals surface area (Å²) < 4.78 is 0. The third-order valence-electron chi connectivity index (χ3n) is 2.11. The second-order valence-corrected chi connectivity index (χ2v) is 3.40. The van der Waals surface area contributed by atoms with Crippen molar-refractivity contribution in [2.24, 2.45) is 5.84 Å². The van der Waals surface area contributed by atoms with Gasteiger partial charge in [-0.25, -0.2) is 10.8 Å². The van der Waals surface area contributed by atoms with Crippen molar-refractivity contribution >= 4 is 17.5 Å². The van der Waals surface area contributed by atoms with Gasteiger partial charge in [0.2, 0.25) is 5.95 Å². The number of nitrogens with zero attached hydrogens (tertiary/aromatic N) is 2. The number of nitrogens with one attached hydrogen (secondary N) is 2. The maximum Gasteiger partial charge on any atom is 0.229 e. The topological polar surface area (TPSA) is 75.9 Å². The van der Waals surface area contributed by atoms with Crippen LogP contribution in [0.5, 0.6) is 0 Å². The molecule has 0 amide bonds. The Labute approximate surface area is 93.7 Å². The summed E-state index contributed by atoms with van der Waals surface area (Å²) in [5.74, 6) is 6.35. The molecule has 0 bridgehead atoms. The molecule has 0 atom stereocenters. The molecular weight excluding hydrogens is 202 g/mol. The van der Waals surface area contributed by atoms with Crippen molar-refractivity contribution in [1.29, 1.82) is 0 Å². The zero-order valence-electron chi connectivity index (χ0n) is 8.94. The fourth-order valence-corrected chi connectivity index (χ4v) is 1.27. The van der Waals surface area contributed by atoms with Gasteiger partial charge in [-0.3, -0.25) is 0 Å². The zero-order chi connectivity index (χ0) is 11.4. The largest absolute Gasteiger partial charge is 0.324 e. The number of hydrogen-bond donors (Lipinski definition) is 3. The van der Waals surface area contributed by atoms with E-state index in [0.29, 0.717) is 11.8 Å². The first-order chi connectivity index (χ1) is 7.78. The molecule has 0 spiro atoms. The van der Waals surface area contributed by atoms with Crippen molar-refractivity contribution in [3.63, 3.8) is 0 Å². The Bertz CT molecular complexity index is 466. The molecule has 1 aromatic carbocycles. The molecule has 0 aliphatic rings. The molecule has 5 heteroatoms. The summed E-state index contributed by atoms with van der Waals surface area (Å²) in [5.41, 5.74) is 4.63. The van der Waals surface area contributed by atoms with Crippen LogP contribution in [0.4, 0.5) is 17.5 Å². The second-order valence-electron chi connectivity index (χ2n) is 3.40. The molecule has 0 saturated carbocycles. The van der Waals surface area contributed by atoms with E-state index in [2.05, 4.69) is 20.7 Å². The molecule has 1 aromatic heterocycles. The maximum atomic E-state index is 5.26. The van der Waals surface area contributed by atoms with Gasteiger partial charge in [-0.15, -0.1) is 0 Å². The molecule has 4 N–H and O–H groups in total. The third-order valence-corrected chi connectivity index (χ3v) is 2.11. The molecule has 82 valence electrons. The highest BCUT2D eigenvalue weighted by Crippen LogP contribution is 2.14. The minimum atomic E-state index is 0.513. The minimum Gasteiger partial charge on any atom is -0.324 e. The summed E-state index contributed by atoms with van der Waals surface area (Å²) in [5, 5.41) is 3.09. The molecule has 0 aliphatic carbocycles. The molecule has 2 aromatic rings. The number of rotatable bonds is 3. The monoisotopic (exact) mass is 215 g/mol. The molecule has 5 nitrogen and oxygen atoms in total. The summed E-state index contributed by atoms with van der Waals surface area (Å²) in [6.45, 7) is 2.04. The van der Waals surface area contributed by atoms with E-state index in [1.54, 1.807) is 12.3 Å². The van der Waals surface area contributed by atoms with Gasteiger partial charge in [-0.2, -0.15) is 4.98 Å². The van der Waals surface area contributed by atoms with E-state index in [4.69, 9.17) is 5.84 Å². The van der Waals surface area contributed by atoms with E-state index in [1.165, 1.54) is 5.56 Å². The minimum absolute atomic E-state index is 0.513. The SMILES string of the molecule is Cc1ccc(Nc2nccc(NN)n2)cc1. The summed E-state index contributed by atoms with van der Waals surface area (Å²) in [6.07, 6.45) is 1.64. The molecule has 1 heterocycles. The van der Waals surface area contributed by atoms with Gasteiger partial charge < -0.3 is 10.7 Å². The Balaban J connectivity index is 2.16. The lowest BCUT2D eigenvalue weighted by Gasteiger charge is -2.06. The van der Waals surface area contributed by atoms with Crippen LogP contribution in [0.2, 0.25) is 0 Å². The summed E-state index contributed by atoms with van der Waals surface area (Å²) in [4.78, 5) is 8.24. The number of anilines is 3. The van der Waals surface area contributed by atoms with Crippen LogP contribution in [0.25, 0.3) is 0 Å². The van der Waals surface area contributed by atoms with E-state index in [1.807, 2.05) is 31.2 Å². The van der Waals surface area contributed by atoms with E-state index >= 15 is 0 Å². The highest BCUT2D eigenvalue weighted by Gasteiger charge is 1.98. The Morgan fingerprint density at radius 3 is 2.56 bits per heavy atom. The van der Waals surface area contributed by atoms with Crippen LogP contribution in [0, 0.1) is 6.92 Å². The summed E-state index contributed by atoms with van der Waals surface area (Å²) >= 11 is 0. The van der Waals surface area contributed by atoms with Gasteiger partial charge in [0.15, 0.2) is 0 Å². The molecule has 0 fully saturated rings. The van der Waals surface area contributed by atoms with Crippen molar-refractivity contribution in [1.82, 2.24) is 9.97 Å². The number of nitrogens with two attached hydrogens (primary N) is 1. The van der Waals surface area contributed by atoms with Crippen molar-refractivity contribution < 1.29 is 0 Å². The normalized spacial score (nSPS) is 9.88. The Kier molecular flexibility index (Phi) is 2.98. The average molecular weight is 215 g/mol. The first-order valence-electron chi connectivity index (χ1n) is 4.91. The van der Waals surface area contributed by atoms with E-state index in [0.717, 1.165) is 5.69 Å². The number of hydrazine groups is 1. The van der Waals surface area contributed by atoms with Crippen molar-refractivity contribution in [2.75, 3.05) is 10.7 Å². The average Bonchev–Trinajstić information content (AvgIpc) is 2.32. The predicted molar refractivity (Wildman–Crippen MR) is 64.3 cm³/mol. The van der Waals surface area contributed by atoms with Crippen LogP contribution >= 0.6 is 0 Å². The first-order valence-corrected chi connectivity index (χ1v) is 4.91. The summed E-state index contributed by atoms with van der Waals surface area (Å²) in [6, 6.07) is 9.68. The van der Waals surface area contributed by atoms with Crippen LogP contribution < -0.4 is 16.6 Å². The Morgan fingerprint density at radius 2 is 1.88 bits per heavy atom. The van der Waals surface area contributed by atoms with Gasteiger partial charge in [0.1, 0.15) is 5.82 Å². The van der Waals surface area contributed by atoms with Crippen LogP contribution in [0.1, 0.15) is 5.56 Å². The molecule has 0 aliphatic heterocycles. The van der Waals surface area contributed by atoms with Crippen LogP contribution in [0.3, 0.4) is 0 Å². The van der Waals surface area contributed by atoms with Crippen molar-refractivity contribution in [3.8, 4) is 0 Å². The molecule has 16 heavy (non-hydrogen) atoms. The smallest absolute Gasteiger partial charge is 0.229 e. The summed E-state index contributed by atoms with van der Waals surface area (Å²) in [7, 11) is 0. The molecular formula is C11H13N5. The lowest BCUT2D eigenvalue weighted by Crippen LogP contribution is -2.09. The van der Waals surface area contributed by atoms with Crippen molar-refractivity contribution in [3.05, 3.63) is 42.1 Å². The number of benzene rings is 1. The van der Waals surface area contributed by atoms with Gasteiger partial charge in [-0.1, -0.05) is 17.7 Å². The third kappa shape index (κ3) is 2.46. The first kappa shape index (κ1) is 10.4. The lowest BCUT2D eigenvalue weighted by molar-refractivity contribution is 1.14. The van der Waals surface area contributed by atoms with Crippen LogP contribution in [-0.2, 0) is 0 Å². The molecule has 0 saturated heterocycles. The van der Waals surface area contributed by atoms with Crippen molar-refractivity contribution in [2.45, 2.75) is 6.92 Å². The van der Waals surface area contributed by atoms with E-state index < -0.39 is 0 Å². The predicted octanol–water partition coefficient (Wildman–Crippen LogP) is 1.81. The standard InChI is InChI=1S/C11H13N5/c1-8-2-4-9(5-3-8)14-11-13-7-6-10(15-11)16-12/h2-7H,12H2,1H3,(H2,13,14,15,16). The Hall–Kier alpha value is -2.14. The molecule has 0 unspecified atom stereocenters.